The molecule has 2 aliphatic heterocycles. The van der Waals surface area contributed by atoms with Crippen molar-refractivity contribution in [2.45, 2.75) is 19.4 Å². The van der Waals surface area contributed by atoms with Crippen LogP contribution in [0.4, 0.5) is 8.78 Å². The summed E-state index contributed by atoms with van der Waals surface area (Å²) in [5.74, 6) is 1.02. The molecular formula is C15H20F2N2O2. The molecule has 1 aromatic rings. The topological polar surface area (TPSA) is 33.7 Å². The molecule has 21 heavy (non-hydrogen) atoms. The molecule has 2 heterocycles. The molecule has 4 nitrogen and oxygen atoms in total. The summed E-state index contributed by atoms with van der Waals surface area (Å²) in [6.45, 7) is 5.14. The lowest BCUT2D eigenvalue weighted by Crippen LogP contribution is -2.43. The van der Waals surface area contributed by atoms with Crippen molar-refractivity contribution in [3.05, 3.63) is 23.3 Å². The first kappa shape index (κ1) is 14.5. The predicted molar refractivity (Wildman–Crippen MR) is 75.2 cm³/mol. The standard InChI is InChI=1S/C15H20F2N2O2/c16-15(17)12-9-14-13(20-6-1-7-21-14)8-11(12)10-19-4-2-18-3-5-19/h8-9,15,18H,1-7,10H2. The van der Waals surface area contributed by atoms with Crippen LogP contribution in [-0.2, 0) is 6.54 Å². The summed E-state index contributed by atoms with van der Waals surface area (Å²) in [5.41, 5.74) is 0.689. The van der Waals surface area contributed by atoms with Crippen molar-refractivity contribution in [2.75, 3.05) is 39.4 Å². The maximum absolute atomic E-state index is 13.3. The van der Waals surface area contributed by atoms with Crippen LogP contribution in [0, 0.1) is 0 Å². The molecule has 2 aliphatic rings. The molecule has 0 radical (unpaired) electrons. The lowest BCUT2D eigenvalue weighted by Gasteiger charge is -2.28. The zero-order valence-electron chi connectivity index (χ0n) is 11.9. The minimum Gasteiger partial charge on any atom is -0.490 e. The molecule has 116 valence electrons. The van der Waals surface area contributed by atoms with Gasteiger partial charge in [0.15, 0.2) is 11.5 Å². The van der Waals surface area contributed by atoms with Crippen molar-refractivity contribution in [3.8, 4) is 11.5 Å². The molecule has 0 amide bonds. The third-order valence-corrected chi connectivity index (χ3v) is 3.85. The number of nitrogens with one attached hydrogen (secondary N) is 1. The van der Waals surface area contributed by atoms with Crippen molar-refractivity contribution in [1.29, 1.82) is 0 Å². The molecule has 1 aromatic carbocycles. The summed E-state index contributed by atoms with van der Waals surface area (Å²) >= 11 is 0. The number of ether oxygens (including phenoxy) is 2. The number of hydrogen-bond acceptors (Lipinski definition) is 4. The Morgan fingerprint density at radius 3 is 2.43 bits per heavy atom. The Bertz CT molecular complexity index is 491. The van der Waals surface area contributed by atoms with Crippen LogP contribution in [0.5, 0.6) is 11.5 Å². The van der Waals surface area contributed by atoms with E-state index in [1.54, 1.807) is 6.07 Å². The van der Waals surface area contributed by atoms with Crippen molar-refractivity contribution in [2.24, 2.45) is 0 Å². The average Bonchev–Trinajstić information content (AvgIpc) is 2.72. The van der Waals surface area contributed by atoms with Crippen molar-refractivity contribution in [3.63, 3.8) is 0 Å². The predicted octanol–water partition coefficient (Wildman–Crippen LogP) is 2.19. The van der Waals surface area contributed by atoms with Gasteiger partial charge in [0.25, 0.3) is 6.43 Å². The number of alkyl halides is 2. The summed E-state index contributed by atoms with van der Waals surface area (Å²) in [6, 6.07) is 3.17. The van der Waals surface area contributed by atoms with E-state index in [1.165, 1.54) is 6.07 Å². The number of halogens is 2. The van der Waals surface area contributed by atoms with Crippen LogP contribution in [0.1, 0.15) is 24.0 Å². The smallest absolute Gasteiger partial charge is 0.264 e. The molecule has 0 aliphatic carbocycles. The van der Waals surface area contributed by atoms with Crippen LogP contribution in [0.3, 0.4) is 0 Å². The minimum atomic E-state index is -2.50. The Morgan fingerprint density at radius 1 is 1.10 bits per heavy atom. The average molecular weight is 298 g/mol. The SMILES string of the molecule is FC(F)c1cc2c(cc1CN1CCNCC1)OCCCO2. The zero-order valence-corrected chi connectivity index (χ0v) is 11.9. The first-order valence-corrected chi connectivity index (χ1v) is 7.37. The van der Waals surface area contributed by atoms with Gasteiger partial charge in [-0.05, 0) is 17.7 Å². The van der Waals surface area contributed by atoms with E-state index in [-0.39, 0.29) is 5.56 Å². The molecule has 0 saturated carbocycles. The van der Waals surface area contributed by atoms with Crippen LogP contribution in [0.2, 0.25) is 0 Å². The normalized spacial score (nSPS) is 19.6. The second-order valence-corrected chi connectivity index (χ2v) is 5.38. The third kappa shape index (κ3) is 3.44. The summed E-state index contributed by atoms with van der Waals surface area (Å²) < 4.78 is 37.8. The third-order valence-electron chi connectivity index (χ3n) is 3.85. The fourth-order valence-corrected chi connectivity index (χ4v) is 2.72. The molecule has 0 atom stereocenters. The van der Waals surface area contributed by atoms with E-state index >= 15 is 0 Å². The van der Waals surface area contributed by atoms with Gasteiger partial charge in [-0.2, -0.15) is 0 Å². The van der Waals surface area contributed by atoms with Crippen molar-refractivity contribution in [1.82, 2.24) is 10.2 Å². The van der Waals surface area contributed by atoms with E-state index in [0.717, 1.165) is 32.6 Å². The van der Waals surface area contributed by atoms with Crippen LogP contribution < -0.4 is 14.8 Å². The summed E-state index contributed by atoms with van der Waals surface area (Å²) in [5, 5.41) is 3.26. The second kappa shape index (κ2) is 6.58. The van der Waals surface area contributed by atoms with Crippen molar-refractivity contribution >= 4 is 0 Å². The van der Waals surface area contributed by atoms with E-state index in [1.807, 2.05) is 0 Å². The highest BCUT2D eigenvalue weighted by Gasteiger charge is 2.22. The zero-order chi connectivity index (χ0) is 14.7. The van der Waals surface area contributed by atoms with E-state index in [0.29, 0.717) is 36.8 Å². The quantitative estimate of drug-likeness (QED) is 0.927. The highest BCUT2D eigenvalue weighted by Crippen LogP contribution is 2.37. The number of nitrogens with zero attached hydrogens (tertiary/aromatic N) is 1. The Morgan fingerprint density at radius 2 is 1.76 bits per heavy atom. The lowest BCUT2D eigenvalue weighted by atomic mass is 10.1. The van der Waals surface area contributed by atoms with Crippen LogP contribution in [0.25, 0.3) is 0 Å². The van der Waals surface area contributed by atoms with Gasteiger partial charge in [-0.15, -0.1) is 0 Å². The highest BCUT2D eigenvalue weighted by molar-refractivity contribution is 5.48. The molecule has 6 heteroatoms. The number of fused-ring (bicyclic) bond motifs is 1. The van der Waals surface area contributed by atoms with E-state index < -0.39 is 6.43 Å². The molecule has 0 unspecified atom stereocenters. The summed E-state index contributed by atoms with van der Waals surface area (Å²) in [7, 11) is 0. The van der Waals surface area contributed by atoms with Gasteiger partial charge < -0.3 is 14.8 Å². The van der Waals surface area contributed by atoms with Crippen molar-refractivity contribution < 1.29 is 18.3 Å². The van der Waals surface area contributed by atoms with Gasteiger partial charge in [-0.3, -0.25) is 4.90 Å². The molecule has 0 bridgehead atoms. The summed E-state index contributed by atoms with van der Waals surface area (Å²) in [4.78, 5) is 2.18. The van der Waals surface area contributed by atoms with E-state index in [4.69, 9.17) is 9.47 Å². The lowest BCUT2D eigenvalue weighted by molar-refractivity contribution is 0.146. The Hall–Kier alpha value is -1.40. The van der Waals surface area contributed by atoms with Gasteiger partial charge in [0.2, 0.25) is 0 Å². The Balaban J connectivity index is 1.87. The largest absolute Gasteiger partial charge is 0.490 e. The number of benzene rings is 1. The molecular weight excluding hydrogens is 278 g/mol. The minimum absolute atomic E-state index is 0.0535. The number of rotatable bonds is 3. The fraction of sp³-hybridized carbons (Fsp3) is 0.600. The van der Waals surface area contributed by atoms with Crippen LogP contribution >= 0.6 is 0 Å². The van der Waals surface area contributed by atoms with Crippen LogP contribution in [0.15, 0.2) is 12.1 Å². The maximum Gasteiger partial charge on any atom is 0.264 e. The molecule has 1 fully saturated rings. The molecule has 1 N–H and O–H groups in total. The molecule has 3 rings (SSSR count). The Labute approximate surface area is 123 Å². The fourth-order valence-electron chi connectivity index (χ4n) is 2.72. The second-order valence-electron chi connectivity index (χ2n) is 5.38. The Kier molecular flexibility index (Phi) is 4.55. The highest BCUT2D eigenvalue weighted by atomic mass is 19.3. The number of piperazine rings is 1. The molecule has 0 spiro atoms. The molecule has 1 saturated heterocycles. The van der Waals surface area contributed by atoms with Gasteiger partial charge in [-0.1, -0.05) is 0 Å². The van der Waals surface area contributed by atoms with Gasteiger partial charge in [-0.25, -0.2) is 8.78 Å². The first-order valence-electron chi connectivity index (χ1n) is 7.37. The van der Waals surface area contributed by atoms with E-state index in [2.05, 4.69) is 10.2 Å². The summed E-state index contributed by atoms with van der Waals surface area (Å²) in [6.07, 6.45) is -1.73. The van der Waals surface area contributed by atoms with Gasteiger partial charge in [0.05, 0.1) is 13.2 Å². The van der Waals surface area contributed by atoms with E-state index in [9.17, 15) is 8.78 Å². The van der Waals surface area contributed by atoms with Crippen LogP contribution in [-0.4, -0.2) is 44.3 Å². The first-order chi connectivity index (χ1) is 10.2. The van der Waals surface area contributed by atoms with Gasteiger partial charge in [0.1, 0.15) is 0 Å². The van der Waals surface area contributed by atoms with Gasteiger partial charge in [0, 0.05) is 44.7 Å². The number of hydrogen-bond donors (Lipinski definition) is 1. The van der Waals surface area contributed by atoms with Gasteiger partial charge >= 0.3 is 0 Å². The maximum atomic E-state index is 13.3. The molecule has 0 aromatic heterocycles. The monoisotopic (exact) mass is 298 g/mol.